The number of aromatic nitrogens is 1. The van der Waals surface area contributed by atoms with E-state index in [0.717, 1.165) is 6.42 Å². The number of amides is 3. The molecule has 164 valence electrons. The first-order valence-electron chi connectivity index (χ1n) is 10.1. The largest absolute Gasteiger partial charge is 0.490 e. The molecule has 4 rings (SSSR count). The number of thiazole rings is 1. The van der Waals surface area contributed by atoms with Crippen molar-refractivity contribution in [3.05, 3.63) is 40.3 Å². The topological polar surface area (TPSA) is 110 Å². The Morgan fingerprint density at radius 2 is 2.16 bits per heavy atom. The SMILES string of the molecule is CNC(=O)C[C@H]1CC[C@H]2[C@@H](COc3ccc(NC(=O)c4cncs4)cc3C(=O)N2C)O1. The van der Waals surface area contributed by atoms with Crippen LogP contribution in [-0.4, -0.2) is 66.6 Å². The van der Waals surface area contributed by atoms with Crippen LogP contribution in [0.5, 0.6) is 5.75 Å². The summed E-state index contributed by atoms with van der Waals surface area (Å²) in [4.78, 5) is 43.3. The molecule has 10 heteroatoms. The minimum Gasteiger partial charge on any atom is -0.490 e. The van der Waals surface area contributed by atoms with Crippen LogP contribution in [0.3, 0.4) is 0 Å². The molecule has 3 amide bonds. The number of carbonyl (C=O) groups is 3. The Kier molecular flexibility index (Phi) is 6.19. The lowest BCUT2D eigenvalue weighted by Crippen LogP contribution is -2.53. The van der Waals surface area contributed by atoms with Gasteiger partial charge >= 0.3 is 0 Å². The number of nitrogens with zero attached hydrogens (tertiary/aromatic N) is 2. The van der Waals surface area contributed by atoms with E-state index in [2.05, 4.69) is 15.6 Å². The maximum atomic E-state index is 13.2. The second-order valence-electron chi connectivity index (χ2n) is 7.58. The van der Waals surface area contributed by atoms with Gasteiger partial charge in [-0.2, -0.15) is 0 Å². The van der Waals surface area contributed by atoms with Crippen molar-refractivity contribution in [2.75, 3.05) is 26.0 Å². The van der Waals surface area contributed by atoms with E-state index < -0.39 is 0 Å². The van der Waals surface area contributed by atoms with Gasteiger partial charge in [0, 0.05) is 19.8 Å². The molecule has 31 heavy (non-hydrogen) atoms. The minimum absolute atomic E-state index is 0.0714. The maximum absolute atomic E-state index is 13.2. The number of benzene rings is 1. The van der Waals surface area contributed by atoms with Crippen LogP contribution in [0.4, 0.5) is 5.69 Å². The van der Waals surface area contributed by atoms with Crippen molar-refractivity contribution >= 4 is 34.7 Å². The van der Waals surface area contributed by atoms with Gasteiger partial charge in [-0.15, -0.1) is 11.3 Å². The highest BCUT2D eigenvalue weighted by Crippen LogP contribution is 2.32. The number of rotatable bonds is 4. The fraction of sp³-hybridized carbons (Fsp3) is 0.429. The number of likely N-dealkylation sites (N-methyl/N-ethyl adjacent to an activating group) is 1. The van der Waals surface area contributed by atoms with Gasteiger partial charge in [-0.05, 0) is 31.0 Å². The molecule has 2 aliphatic heterocycles. The fourth-order valence-corrected chi connectivity index (χ4v) is 4.45. The molecule has 3 atom stereocenters. The Morgan fingerprint density at radius 1 is 1.32 bits per heavy atom. The quantitative estimate of drug-likeness (QED) is 0.746. The van der Waals surface area contributed by atoms with Crippen molar-refractivity contribution in [3.8, 4) is 5.75 Å². The van der Waals surface area contributed by atoms with Crippen LogP contribution in [0, 0.1) is 0 Å². The summed E-state index contributed by atoms with van der Waals surface area (Å²) in [7, 11) is 3.35. The number of hydrogen-bond acceptors (Lipinski definition) is 7. The van der Waals surface area contributed by atoms with Crippen molar-refractivity contribution in [1.29, 1.82) is 0 Å². The molecule has 1 fully saturated rings. The van der Waals surface area contributed by atoms with E-state index in [4.69, 9.17) is 9.47 Å². The van der Waals surface area contributed by atoms with Crippen LogP contribution >= 0.6 is 11.3 Å². The van der Waals surface area contributed by atoms with Gasteiger partial charge in [0.05, 0.1) is 35.8 Å². The van der Waals surface area contributed by atoms with Crippen molar-refractivity contribution < 1.29 is 23.9 Å². The zero-order valence-electron chi connectivity index (χ0n) is 17.3. The van der Waals surface area contributed by atoms with E-state index in [1.54, 1.807) is 42.7 Å². The average Bonchev–Trinajstić information content (AvgIpc) is 3.32. The lowest BCUT2D eigenvalue weighted by Gasteiger charge is -2.42. The van der Waals surface area contributed by atoms with Crippen LogP contribution in [0.2, 0.25) is 0 Å². The van der Waals surface area contributed by atoms with E-state index in [0.29, 0.717) is 28.3 Å². The van der Waals surface area contributed by atoms with Gasteiger partial charge in [-0.1, -0.05) is 0 Å². The number of nitrogens with one attached hydrogen (secondary N) is 2. The molecule has 0 radical (unpaired) electrons. The van der Waals surface area contributed by atoms with Crippen LogP contribution < -0.4 is 15.4 Å². The summed E-state index contributed by atoms with van der Waals surface area (Å²) in [5, 5.41) is 5.41. The van der Waals surface area contributed by atoms with Crippen LogP contribution in [0.15, 0.2) is 29.9 Å². The molecule has 2 aliphatic rings. The number of anilines is 1. The molecule has 1 aromatic carbocycles. The predicted octanol–water partition coefficient (Wildman–Crippen LogP) is 1.91. The van der Waals surface area contributed by atoms with Crippen LogP contribution in [0.25, 0.3) is 0 Å². The van der Waals surface area contributed by atoms with Crippen LogP contribution in [-0.2, 0) is 9.53 Å². The molecule has 2 aromatic rings. The summed E-state index contributed by atoms with van der Waals surface area (Å²) in [6.07, 6.45) is 2.67. The molecule has 1 aromatic heterocycles. The standard InChI is InChI=1S/C21H24N4O5S/c1-22-19(26)8-13-4-5-15-17(30-13)10-29-16-6-3-12(7-14(16)21(28)25(15)2)24-20(27)18-9-23-11-31-18/h3,6-7,9,11,13,15,17H,4-5,8,10H2,1-2H3,(H,22,26)(H,24,27)/t13-,15+,17-/m1/s1. The molecule has 1 saturated heterocycles. The molecular formula is C21H24N4O5S. The Bertz CT molecular complexity index is 980. The molecule has 2 N–H and O–H groups in total. The molecule has 0 unspecified atom stereocenters. The van der Waals surface area contributed by atoms with Gasteiger partial charge in [0.2, 0.25) is 5.91 Å². The predicted molar refractivity (Wildman–Crippen MR) is 114 cm³/mol. The van der Waals surface area contributed by atoms with Gasteiger partial charge in [0.1, 0.15) is 23.3 Å². The highest BCUT2D eigenvalue weighted by atomic mass is 32.1. The molecule has 0 saturated carbocycles. The Hall–Kier alpha value is -2.98. The van der Waals surface area contributed by atoms with E-state index in [9.17, 15) is 14.4 Å². The van der Waals surface area contributed by atoms with Gasteiger partial charge in [-0.25, -0.2) is 0 Å². The van der Waals surface area contributed by atoms with Crippen molar-refractivity contribution in [2.45, 2.75) is 37.5 Å². The first-order valence-corrected chi connectivity index (χ1v) is 10.9. The number of carbonyl (C=O) groups excluding carboxylic acids is 3. The number of fused-ring (bicyclic) bond motifs is 2. The normalized spacial score (nSPS) is 23.0. The fourth-order valence-electron chi connectivity index (χ4n) is 3.93. The molecule has 3 heterocycles. The van der Waals surface area contributed by atoms with Gasteiger partial charge in [0.15, 0.2) is 0 Å². The summed E-state index contributed by atoms with van der Waals surface area (Å²) < 4.78 is 12.0. The summed E-state index contributed by atoms with van der Waals surface area (Å²) in [6, 6.07) is 4.84. The van der Waals surface area contributed by atoms with Crippen molar-refractivity contribution in [2.24, 2.45) is 0 Å². The monoisotopic (exact) mass is 444 g/mol. The zero-order chi connectivity index (χ0) is 22.0. The molecule has 9 nitrogen and oxygen atoms in total. The highest BCUT2D eigenvalue weighted by Gasteiger charge is 2.39. The van der Waals surface area contributed by atoms with Gasteiger partial charge in [0.25, 0.3) is 11.8 Å². The smallest absolute Gasteiger partial charge is 0.267 e. The number of hydrogen-bond donors (Lipinski definition) is 2. The summed E-state index contributed by atoms with van der Waals surface area (Å²) in [6.45, 7) is 0.270. The maximum Gasteiger partial charge on any atom is 0.267 e. The van der Waals surface area contributed by atoms with E-state index >= 15 is 0 Å². The second-order valence-corrected chi connectivity index (χ2v) is 8.46. The third-order valence-corrected chi connectivity index (χ3v) is 6.39. The van der Waals surface area contributed by atoms with Crippen molar-refractivity contribution in [1.82, 2.24) is 15.2 Å². The summed E-state index contributed by atoms with van der Waals surface area (Å²) in [5.74, 6) is -0.120. The first-order chi connectivity index (χ1) is 15.0. The average molecular weight is 445 g/mol. The molecule has 0 bridgehead atoms. The third-order valence-electron chi connectivity index (χ3n) is 5.62. The van der Waals surface area contributed by atoms with Crippen LogP contribution in [0.1, 0.15) is 39.3 Å². The van der Waals surface area contributed by atoms with E-state index in [-0.39, 0.29) is 49.0 Å². The van der Waals surface area contributed by atoms with E-state index in [1.165, 1.54) is 17.5 Å². The van der Waals surface area contributed by atoms with Gasteiger partial charge < -0.3 is 25.0 Å². The Balaban J connectivity index is 1.52. The lowest BCUT2D eigenvalue weighted by atomic mass is 9.94. The lowest BCUT2D eigenvalue weighted by molar-refractivity contribution is -0.133. The third kappa shape index (κ3) is 4.54. The molecule has 0 aliphatic carbocycles. The minimum atomic E-state index is -0.323. The summed E-state index contributed by atoms with van der Waals surface area (Å²) in [5.41, 5.74) is 2.48. The molecular weight excluding hydrogens is 420 g/mol. The van der Waals surface area contributed by atoms with Gasteiger partial charge in [-0.3, -0.25) is 19.4 Å². The van der Waals surface area contributed by atoms with E-state index in [1.807, 2.05) is 0 Å². The first kappa shape index (κ1) is 21.3. The number of ether oxygens (including phenoxy) is 2. The zero-order valence-corrected chi connectivity index (χ0v) is 18.1. The second kappa shape index (κ2) is 9.03. The Labute approximate surface area is 183 Å². The summed E-state index contributed by atoms with van der Waals surface area (Å²) >= 11 is 1.24. The highest BCUT2D eigenvalue weighted by molar-refractivity contribution is 7.11. The Morgan fingerprint density at radius 3 is 2.90 bits per heavy atom. The van der Waals surface area contributed by atoms with Crippen molar-refractivity contribution in [3.63, 3.8) is 0 Å². The molecule has 0 spiro atoms.